The fourth-order valence-electron chi connectivity index (χ4n) is 2.14. The Kier molecular flexibility index (Phi) is 4.98. The van der Waals surface area contributed by atoms with E-state index in [1.807, 2.05) is 19.1 Å². The van der Waals surface area contributed by atoms with E-state index in [1.165, 1.54) is 16.8 Å². The zero-order chi connectivity index (χ0) is 17.6. The van der Waals surface area contributed by atoms with Gasteiger partial charge >= 0.3 is 0 Å². The predicted molar refractivity (Wildman–Crippen MR) is 87.6 cm³/mol. The molecule has 0 aliphatic heterocycles. The molecule has 0 bridgehead atoms. The number of hydrogen-bond acceptors (Lipinski definition) is 5. The van der Waals surface area contributed by atoms with Gasteiger partial charge in [0, 0.05) is 0 Å². The van der Waals surface area contributed by atoms with Crippen molar-refractivity contribution < 1.29 is 13.9 Å². The van der Waals surface area contributed by atoms with Gasteiger partial charge in [0.2, 0.25) is 0 Å². The minimum atomic E-state index is -0.394. The van der Waals surface area contributed by atoms with Gasteiger partial charge in [-0.2, -0.15) is 4.68 Å². The molecule has 128 valence electrons. The second-order valence-corrected chi connectivity index (χ2v) is 5.37. The standard InChI is InChI=1S/C17H16FN5O2/c1-12-5-7-15(8-6-12)25-11-17(24)19-10-16-20-21-22-23(16)14-4-2-3-13(18)9-14/h2-9H,10-11H2,1H3,(H,19,24). The summed E-state index contributed by atoms with van der Waals surface area (Å²) in [6, 6.07) is 13.3. The van der Waals surface area contributed by atoms with E-state index in [0.717, 1.165) is 5.56 Å². The van der Waals surface area contributed by atoms with Crippen molar-refractivity contribution in [3.05, 3.63) is 65.7 Å². The molecule has 1 heterocycles. The molecule has 0 spiro atoms. The smallest absolute Gasteiger partial charge is 0.258 e. The van der Waals surface area contributed by atoms with Gasteiger partial charge in [-0.05, 0) is 47.7 Å². The SMILES string of the molecule is Cc1ccc(OCC(=O)NCc2nnnn2-c2cccc(F)c2)cc1. The third-order valence-electron chi connectivity index (χ3n) is 3.42. The maximum atomic E-state index is 13.3. The number of nitrogens with one attached hydrogen (secondary N) is 1. The molecule has 0 saturated heterocycles. The lowest BCUT2D eigenvalue weighted by molar-refractivity contribution is -0.123. The van der Waals surface area contributed by atoms with Gasteiger partial charge in [0.1, 0.15) is 11.6 Å². The van der Waals surface area contributed by atoms with Crippen LogP contribution in [0.4, 0.5) is 4.39 Å². The molecule has 0 aliphatic carbocycles. The van der Waals surface area contributed by atoms with Crippen LogP contribution in [0.5, 0.6) is 5.75 Å². The summed E-state index contributed by atoms with van der Waals surface area (Å²) in [6.07, 6.45) is 0. The Morgan fingerprint density at radius 3 is 2.80 bits per heavy atom. The zero-order valence-electron chi connectivity index (χ0n) is 13.5. The average molecular weight is 341 g/mol. The highest BCUT2D eigenvalue weighted by Gasteiger charge is 2.11. The second-order valence-electron chi connectivity index (χ2n) is 5.37. The van der Waals surface area contributed by atoms with E-state index in [-0.39, 0.29) is 19.1 Å². The van der Waals surface area contributed by atoms with Gasteiger partial charge < -0.3 is 10.1 Å². The van der Waals surface area contributed by atoms with Gasteiger partial charge in [-0.1, -0.05) is 23.8 Å². The first-order valence-electron chi connectivity index (χ1n) is 7.61. The van der Waals surface area contributed by atoms with Gasteiger partial charge in [0.05, 0.1) is 12.2 Å². The summed E-state index contributed by atoms with van der Waals surface area (Å²) >= 11 is 0. The van der Waals surface area contributed by atoms with Crippen LogP contribution in [0.15, 0.2) is 48.5 Å². The molecule has 25 heavy (non-hydrogen) atoms. The quantitative estimate of drug-likeness (QED) is 0.739. The van der Waals surface area contributed by atoms with E-state index < -0.39 is 5.82 Å². The van der Waals surface area contributed by atoms with Crippen LogP contribution in [0.1, 0.15) is 11.4 Å². The maximum Gasteiger partial charge on any atom is 0.258 e. The molecule has 0 fully saturated rings. The van der Waals surface area contributed by atoms with Crippen LogP contribution in [-0.4, -0.2) is 32.7 Å². The Labute approximate surface area is 143 Å². The molecule has 8 heteroatoms. The van der Waals surface area contributed by atoms with Crippen LogP contribution < -0.4 is 10.1 Å². The Hall–Kier alpha value is -3.29. The number of halogens is 1. The van der Waals surface area contributed by atoms with Crippen molar-refractivity contribution in [2.75, 3.05) is 6.61 Å². The predicted octanol–water partition coefficient (Wildman–Crippen LogP) is 1.81. The summed E-state index contributed by atoms with van der Waals surface area (Å²) in [5.41, 5.74) is 1.59. The molecule has 0 atom stereocenters. The molecule has 0 saturated carbocycles. The topological polar surface area (TPSA) is 81.9 Å². The fraction of sp³-hybridized carbons (Fsp3) is 0.176. The van der Waals surface area contributed by atoms with E-state index in [1.54, 1.807) is 24.3 Å². The third kappa shape index (κ3) is 4.37. The fourth-order valence-corrected chi connectivity index (χ4v) is 2.14. The number of nitrogens with zero attached hydrogens (tertiary/aromatic N) is 4. The van der Waals surface area contributed by atoms with Crippen LogP contribution in [0.2, 0.25) is 0 Å². The third-order valence-corrected chi connectivity index (χ3v) is 3.42. The van der Waals surface area contributed by atoms with Gasteiger partial charge in [0.15, 0.2) is 12.4 Å². The highest BCUT2D eigenvalue weighted by Crippen LogP contribution is 2.11. The summed E-state index contributed by atoms with van der Waals surface area (Å²) in [4.78, 5) is 11.9. The molecule has 0 radical (unpaired) electrons. The summed E-state index contributed by atoms with van der Waals surface area (Å²) in [6.45, 7) is 1.95. The highest BCUT2D eigenvalue weighted by molar-refractivity contribution is 5.77. The number of hydrogen-bond donors (Lipinski definition) is 1. The van der Waals surface area contributed by atoms with Crippen molar-refractivity contribution in [2.45, 2.75) is 13.5 Å². The number of carbonyl (C=O) groups excluding carboxylic acids is 1. The Morgan fingerprint density at radius 2 is 2.04 bits per heavy atom. The van der Waals surface area contributed by atoms with Crippen LogP contribution in [0.3, 0.4) is 0 Å². The highest BCUT2D eigenvalue weighted by atomic mass is 19.1. The van der Waals surface area contributed by atoms with Crippen LogP contribution >= 0.6 is 0 Å². The van der Waals surface area contributed by atoms with E-state index in [4.69, 9.17) is 4.74 Å². The Morgan fingerprint density at radius 1 is 1.24 bits per heavy atom. The molecule has 3 aromatic rings. The molecule has 1 amide bonds. The molecule has 0 unspecified atom stereocenters. The van der Waals surface area contributed by atoms with Crippen molar-refractivity contribution in [3.8, 4) is 11.4 Å². The Bertz CT molecular complexity index is 863. The zero-order valence-corrected chi connectivity index (χ0v) is 13.5. The first kappa shape index (κ1) is 16.6. The molecular formula is C17H16FN5O2. The minimum absolute atomic E-state index is 0.0968. The van der Waals surface area contributed by atoms with Gasteiger partial charge in [-0.15, -0.1) is 5.10 Å². The van der Waals surface area contributed by atoms with Gasteiger partial charge in [-0.25, -0.2) is 4.39 Å². The summed E-state index contributed by atoms with van der Waals surface area (Å²) in [5.74, 6) is 0.295. The van der Waals surface area contributed by atoms with Crippen molar-refractivity contribution in [1.82, 2.24) is 25.5 Å². The van der Waals surface area contributed by atoms with Crippen molar-refractivity contribution in [2.24, 2.45) is 0 Å². The molecule has 0 aliphatic rings. The molecular weight excluding hydrogens is 325 g/mol. The van der Waals surface area contributed by atoms with E-state index in [2.05, 4.69) is 20.8 Å². The number of carbonyl (C=O) groups is 1. The summed E-state index contributed by atoms with van der Waals surface area (Å²) in [5, 5.41) is 13.9. The van der Waals surface area contributed by atoms with Gasteiger partial charge in [0.25, 0.3) is 5.91 Å². The molecule has 3 rings (SSSR count). The van der Waals surface area contributed by atoms with Gasteiger partial charge in [-0.3, -0.25) is 4.79 Å². The number of rotatable bonds is 6. The van der Waals surface area contributed by atoms with Crippen molar-refractivity contribution >= 4 is 5.91 Å². The molecule has 1 N–H and O–H groups in total. The summed E-state index contributed by atoms with van der Waals surface area (Å²) < 4.78 is 20.1. The normalized spacial score (nSPS) is 10.5. The Balaban J connectivity index is 1.56. The number of amides is 1. The monoisotopic (exact) mass is 341 g/mol. The largest absolute Gasteiger partial charge is 0.484 e. The van der Waals surface area contributed by atoms with Crippen molar-refractivity contribution in [3.63, 3.8) is 0 Å². The number of benzene rings is 2. The lowest BCUT2D eigenvalue weighted by atomic mass is 10.2. The van der Waals surface area contributed by atoms with Crippen LogP contribution in [-0.2, 0) is 11.3 Å². The van der Waals surface area contributed by atoms with Crippen LogP contribution in [0, 0.1) is 12.7 Å². The number of tetrazole rings is 1. The van der Waals surface area contributed by atoms with Crippen molar-refractivity contribution in [1.29, 1.82) is 0 Å². The number of ether oxygens (including phenoxy) is 1. The second kappa shape index (κ2) is 7.52. The first-order chi connectivity index (χ1) is 12.1. The lowest BCUT2D eigenvalue weighted by Crippen LogP contribution is -2.29. The molecule has 7 nitrogen and oxygen atoms in total. The number of aromatic nitrogens is 4. The minimum Gasteiger partial charge on any atom is -0.484 e. The maximum absolute atomic E-state index is 13.3. The van der Waals surface area contributed by atoms with E-state index in [0.29, 0.717) is 17.3 Å². The summed E-state index contributed by atoms with van der Waals surface area (Å²) in [7, 11) is 0. The average Bonchev–Trinajstić information content (AvgIpc) is 3.08. The molecule has 1 aromatic heterocycles. The van der Waals surface area contributed by atoms with E-state index in [9.17, 15) is 9.18 Å². The first-order valence-corrected chi connectivity index (χ1v) is 7.61. The molecule has 2 aromatic carbocycles. The van der Waals surface area contributed by atoms with E-state index >= 15 is 0 Å². The lowest BCUT2D eigenvalue weighted by Gasteiger charge is -2.08. The number of aryl methyl sites for hydroxylation is 1. The van der Waals surface area contributed by atoms with Crippen LogP contribution in [0.25, 0.3) is 5.69 Å².